The van der Waals surface area contributed by atoms with Gasteiger partial charge in [-0.25, -0.2) is 0 Å². The van der Waals surface area contributed by atoms with E-state index in [0.29, 0.717) is 17.4 Å². The molecule has 1 aliphatic carbocycles. The van der Waals surface area contributed by atoms with E-state index in [1.165, 1.54) is 32.1 Å². The zero-order chi connectivity index (χ0) is 11.3. The summed E-state index contributed by atoms with van der Waals surface area (Å²) in [6, 6.07) is 0. The highest BCUT2D eigenvalue weighted by atomic mass is 79.9. The van der Waals surface area contributed by atoms with Gasteiger partial charge in [0.2, 0.25) is 0 Å². The van der Waals surface area contributed by atoms with Gasteiger partial charge in [0, 0.05) is 5.33 Å². The Hall–Kier alpha value is 0.440. The standard InChI is InChI=1S/C13H25BrO/c1-13(2,3)11(9-14)10-15-12-7-5-4-6-8-12/h11-12H,4-10H2,1-3H3. The van der Waals surface area contributed by atoms with Gasteiger partial charge in [-0.2, -0.15) is 0 Å². The van der Waals surface area contributed by atoms with Crippen molar-refractivity contribution in [2.24, 2.45) is 11.3 Å². The number of hydrogen-bond donors (Lipinski definition) is 0. The summed E-state index contributed by atoms with van der Waals surface area (Å²) in [7, 11) is 0. The molecule has 0 spiro atoms. The Balaban J connectivity index is 2.27. The van der Waals surface area contributed by atoms with Crippen LogP contribution in [0.1, 0.15) is 52.9 Å². The van der Waals surface area contributed by atoms with Gasteiger partial charge >= 0.3 is 0 Å². The van der Waals surface area contributed by atoms with Crippen LogP contribution < -0.4 is 0 Å². The molecule has 0 amide bonds. The molecule has 0 heterocycles. The highest BCUT2D eigenvalue weighted by molar-refractivity contribution is 9.09. The van der Waals surface area contributed by atoms with Crippen LogP contribution in [0.2, 0.25) is 0 Å². The largest absolute Gasteiger partial charge is 0.378 e. The van der Waals surface area contributed by atoms with E-state index in [-0.39, 0.29) is 0 Å². The summed E-state index contributed by atoms with van der Waals surface area (Å²) in [5, 5.41) is 1.04. The highest BCUT2D eigenvalue weighted by Gasteiger charge is 2.25. The molecule has 1 saturated carbocycles. The van der Waals surface area contributed by atoms with Crippen molar-refractivity contribution in [2.45, 2.75) is 59.0 Å². The minimum atomic E-state index is 0.345. The van der Waals surface area contributed by atoms with Gasteiger partial charge in [0.1, 0.15) is 0 Å². The second kappa shape index (κ2) is 6.24. The van der Waals surface area contributed by atoms with Crippen LogP contribution in [0.15, 0.2) is 0 Å². The summed E-state index contributed by atoms with van der Waals surface area (Å²) >= 11 is 3.60. The second-order valence-corrected chi connectivity index (χ2v) is 6.46. The van der Waals surface area contributed by atoms with Crippen LogP contribution in [0.4, 0.5) is 0 Å². The van der Waals surface area contributed by atoms with Crippen molar-refractivity contribution in [1.29, 1.82) is 0 Å². The van der Waals surface area contributed by atoms with Gasteiger partial charge in [-0.1, -0.05) is 56.0 Å². The van der Waals surface area contributed by atoms with Gasteiger partial charge in [0.25, 0.3) is 0 Å². The fourth-order valence-corrected chi connectivity index (χ4v) is 3.17. The van der Waals surface area contributed by atoms with Crippen LogP contribution in [-0.4, -0.2) is 18.0 Å². The highest BCUT2D eigenvalue weighted by Crippen LogP contribution is 2.29. The van der Waals surface area contributed by atoms with E-state index in [4.69, 9.17) is 4.74 Å². The molecule has 0 radical (unpaired) electrons. The van der Waals surface area contributed by atoms with E-state index in [1.807, 2.05) is 0 Å². The van der Waals surface area contributed by atoms with Crippen LogP contribution in [0, 0.1) is 11.3 Å². The predicted octanol–water partition coefficient (Wildman–Crippen LogP) is 4.39. The maximum absolute atomic E-state index is 6.03. The molecule has 1 nitrogen and oxygen atoms in total. The third-order valence-electron chi connectivity index (χ3n) is 3.50. The molecule has 0 aromatic heterocycles. The normalized spacial score (nSPS) is 21.6. The number of hydrogen-bond acceptors (Lipinski definition) is 1. The fourth-order valence-electron chi connectivity index (χ4n) is 2.01. The van der Waals surface area contributed by atoms with E-state index >= 15 is 0 Å². The lowest BCUT2D eigenvalue weighted by Crippen LogP contribution is -2.29. The number of halogens is 1. The molecule has 2 heteroatoms. The van der Waals surface area contributed by atoms with Gasteiger partial charge in [-0.3, -0.25) is 0 Å². The average molecular weight is 277 g/mol. The van der Waals surface area contributed by atoms with E-state index < -0.39 is 0 Å². The smallest absolute Gasteiger partial charge is 0.0575 e. The van der Waals surface area contributed by atoms with Crippen molar-refractivity contribution in [1.82, 2.24) is 0 Å². The van der Waals surface area contributed by atoms with E-state index in [2.05, 4.69) is 36.7 Å². The summed E-state index contributed by atoms with van der Waals surface area (Å²) in [6.45, 7) is 7.80. The molecule has 1 aliphatic rings. The molecular weight excluding hydrogens is 252 g/mol. The van der Waals surface area contributed by atoms with Crippen LogP contribution in [0.3, 0.4) is 0 Å². The molecule has 1 rings (SSSR count). The Morgan fingerprint density at radius 3 is 2.27 bits per heavy atom. The lowest BCUT2D eigenvalue weighted by molar-refractivity contribution is -0.00817. The van der Waals surface area contributed by atoms with Gasteiger partial charge in [0.05, 0.1) is 12.7 Å². The van der Waals surface area contributed by atoms with Crippen molar-refractivity contribution in [2.75, 3.05) is 11.9 Å². The lowest BCUT2D eigenvalue weighted by atomic mass is 9.82. The monoisotopic (exact) mass is 276 g/mol. The maximum atomic E-state index is 6.03. The first kappa shape index (κ1) is 13.5. The van der Waals surface area contributed by atoms with Crippen molar-refractivity contribution in [3.8, 4) is 0 Å². The van der Waals surface area contributed by atoms with E-state index in [1.54, 1.807) is 0 Å². The molecular formula is C13H25BrO. The lowest BCUT2D eigenvalue weighted by Gasteiger charge is -2.31. The minimum absolute atomic E-state index is 0.345. The van der Waals surface area contributed by atoms with Crippen molar-refractivity contribution in [3.05, 3.63) is 0 Å². The van der Waals surface area contributed by atoms with Crippen molar-refractivity contribution < 1.29 is 4.74 Å². The second-order valence-electron chi connectivity index (χ2n) is 5.81. The topological polar surface area (TPSA) is 9.23 Å². The summed E-state index contributed by atoms with van der Waals surface area (Å²) in [4.78, 5) is 0. The summed E-state index contributed by atoms with van der Waals surface area (Å²) < 4.78 is 6.03. The molecule has 0 aromatic carbocycles. The summed E-state index contributed by atoms with van der Waals surface area (Å²) in [5.74, 6) is 0.624. The predicted molar refractivity (Wildman–Crippen MR) is 69.6 cm³/mol. The average Bonchev–Trinajstić information content (AvgIpc) is 2.18. The molecule has 1 atom stereocenters. The summed E-state index contributed by atoms with van der Waals surface area (Å²) in [5.41, 5.74) is 0.345. The third-order valence-corrected chi connectivity index (χ3v) is 4.28. The molecule has 90 valence electrons. The van der Waals surface area contributed by atoms with Gasteiger partial charge in [-0.05, 0) is 24.2 Å². The molecule has 0 bridgehead atoms. The molecule has 0 saturated heterocycles. The Kier molecular flexibility index (Phi) is 5.62. The minimum Gasteiger partial charge on any atom is -0.378 e. The number of alkyl halides is 1. The molecule has 1 fully saturated rings. The SMILES string of the molecule is CC(C)(C)C(CBr)COC1CCCCC1. The van der Waals surface area contributed by atoms with Crippen LogP contribution in [-0.2, 0) is 4.74 Å². The van der Waals surface area contributed by atoms with Gasteiger partial charge in [-0.15, -0.1) is 0 Å². The van der Waals surface area contributed by atoms with Gasteiger partial charge in [0.15, 0.2) is 0 Å². The first-order chi connectivity index (χ1) is 7.04. The van der Waals surface area contributed by atoms with E-state index in [9.17, 15) is 0 Å². The first-order valence-electron chi connectivity index (χ1n) is 6.21. The van der Waals surface area contributed by atoms with Gasteiger partial charge < -0.3 is 4.74 Å². The maximum Gasteiger partial charge on any atom is 0.0575 e. The van der Waals surface area contributed by atoms with Crippen LogP contribution >= 0.6 is 15.9 Å². The molecule has 0 aliphatic heterocycles. The zero-order valence-electron chi connectivity index (χ0n) is 10.4. The zero-order valence-corrected chi connectivity index (χ0v) is 12.0. The molecule has 0 N–H and O–H groups in total. The molecule has 15 heavy (non-hydrogen) atoms. The van der Waals surface area contributed by atoms with Crippen LogP contribution in [0.25, 0.3) is 0 Å². The first-order valence-corrected chi connectivity index (χ1v) is 7.33. The number of ether oxygens (including phenoxy) is 1. The number of rotatable bonds is 4. The quantitative estimate of drug-likeness (QED) is 0.692. The Labute approximate surface area is 103 Å². The molecule has 0 aromatic rings. The third kappa shape index (κ3) is 4.86. The molecule has 1 unspecified atom stereocenters. The van der Waals surface area contributed by atoms with Crippen molar-refractivity contribution in [3.63, 3.8) is 0 Å². The fraction of sp³-hybridized carbons (Fsp3) is 1.00. The van der Waals surface area contributed by atoms with Crippen LogP contribution in [0.5, 0.6) is 0 Å². The Morgan fingerprint density at radius 1 is 1.20 bits per heavy atom. The summed E-state index contributed by atoms with van der Waals surface area (Å²) in [6.07, 6.45) is 7.22. The Morgan fingerprint density at radius 2 is 1.80 bits per heavy atom. The Bertz CT molecular complexity index is 168. The van der Waals surface area contributed by atoms with Crippen molar-refractivity contribution >= 4 is 15.9 Å². The van der Waals surface area contributed by atoms with E-state index in [0.717, 1.165) is 11.9 Å².